The third-order valence-corrected chi connectivity index (χ3v) is 5.25. The first-order valence-electron chi connectivity index (χ1n) is 9.05. The molecule has 2 saturated heterocycles. The zero-order valence-electron chi connectivity index (χ0n) is 15.6. The third kappa shape index (κ3) is 2.94. The fourth-order valence-electron chi connectivity index (χ4n) is 4.22. The van der Waals surface area contributed by atoms with Gasteiger partial charge in [0.25, 0.3) is 0 Å². The van der Waals surface area contributed by atoms with E-state index in [0.717, 1.165) is 5.56 Å². The Kier molecular flexibility index (Phi) is 4.62. The molecule has 25 heavy (non-hydrogen) atoms. The predicted octanol–water partition coefficient (Wildman–Crippen LogP) is 2.93. The number of amides is 4. The lowest BCUT2D eigenvalue weighted by Crippen LogP contribution is -2.74. The van der Waals surface area contributed by atoms with Crippen LogP contribution in [0.2, 0.25) is 0 Å². The van der Waals surface area contributed by atoms with Gasteiger partial charge >= 0.3 is 12.1 Å². The van der Waals surface area contributed by atoms with E-state index in [2.05, 4.69) is 22.8 Å². The average molecular weight is 344 g/mol. The topological polar surface area (TPSA) is 64.7 Å². The highest BCUT2D eigenvalue weighted by atomic mass is 16.2. The number of carbonyl (C=O) groups excluding carboxylic acids is 2. The quantitative estimate of drug-likeness (QED) is 0.885. The Morgan fingerprint density at radius 3 is 2.00 bits per heavy atom. The molecule has 0 bridgehead atoms. The number of rotatable bonds is 3. The van der Waals surface area contributed by atoms with Crippen LogP contribution >= 0.6 is 0 Å². The first-order chi connectivity index (χ1) is 11.8. The summed E-state index contributed by atoms with van der Waals surface area (Å²) in [5.74, 6) is 0.0580. The molecule has 2 heterocycles. The number of urea groups is 2. The SMILES string of the molecule is CC(C)N1C(=O)N[C@H](C)[C@H]2[C@H]1NC(=O)N(C(C)C)[C@H]2c1ccccc1. The highest BCUT2D eigenvalue weighted by Crippen LogP contribution is 2.40. The first kappa shape index (κ1) is 17.6. The van der Waals surface area contributed by atoms with Crippen molar-refractivity contribution in [2.24, 2.45) is 5.92 Å². The molecule has 2 aliphatic rings. The van der Waals surface area contributed by atoms with Gasteiger partial charge in [-0.1, -0.05) is 30.3 Å². The van der Waals surface area contributed by atoms with Gasteiger partial charge < -0.3 is 20.4 Å². The highest BCUT2D eigenvalue weighted by molar-refractivity contribution is 5.81. The molecule has 4 amide bonds. The summed E-state index contributed by atoms with van der Waals surface area (Å²) in [4.78, 5) is 29.1. The van der Waals surface area contributed by atoms with Gasteiger partial charge in [0.05, 0.1) is 6.04 Å². The Balaban J connectivity index is 2.10. The van der Waals surface area contributed by atoms with Crippen LogP contribution in [0.5, 0.6) is 0 Å². The minimum absolute atomic E-state index is 0.00215. The number of nitrogens with zero attached hydrogens (tertiary/aromatic N) is 2. The molecule has 0 unspecified atom stereocenters. The normalized spacial score (nSPS) is 29.6. The Labute approximate surface area is 149 Å². The van der Waals surface area contributed by atoms with E-state index in [1.54, 1.807) is 4.90 Å². The molecular weight excluding hydrogens is 316 g/mol. The molecule has 136 valence electrons. The van der Waals surface area contributed by atoms with Gasteiger partial charge in [0.15, 0.2) is 0 Å². The van der Waals surface area contributed by atoms with Gasteiger partial charge in [-0.15, -0.1) is 0 Å². The molecule has 0 aliphatic carbocycles. The smallest absolute Gasteiger partial charge is 0.319 e. The number of fused-ring (bicyclic) bond motifs is 1. The van der Waals surface area contributed by atoms with Gasteiger partial charge in [-0.25, -0.2) is 9.59 Å². The number of nitrogens with one attached hydrogen (secondary N) is 2. The van der Waals surface area contributed by atoms with Gasteiger partial charge in [-0.2, -0.15) is 0 Å². The van der Waals surface area contributed by atoms with Crippen LogP contribution in [-0.4, -0.2) is 46.2 Å². The van der Waals surface area contributed by atoms with Crippen molar-refractivity contribution in [3.63, 3.8) is 0 Å². The van der Waals surface area contributed by atoms with Crippen LogP contribution in [0.25, 0.3) is 0 Å². The van der Waals surface area contributed by atoms with Crippen LogP contribution in [0, 0.1) is 5.92 Å². The van der Waals surface area contributed by atoms with Crippen LogP contribution < -0.4 is 10.6 Å². The molecule has 6 heteroatoms. The summed E-state index contributed by atoms with van der Waals surface area (Å²) in [5.41, 5.74) is 1.10. The summed E-state index contributed by atoms with van der Waals surface area (Å²) in [6.07, 6.45) is -0.309. The van der Waals surface area contributed by atoms with Crippen LogP contribution in [0.15, 0.2) is 30.3 Å². The van der Waals surface area contributed by atoms with Crippen LogP contribution in [0.1, 0.15) is 46.2 Å². The van der Waals surface area contributed by atoms with E-state index >= 15 is 0 Å². The van der Waals surface area contributed by atoms with Crippen molar-refractivity contribution in [1.29, 1.82) is 0 Å². The second-order valence-electron chi connectivity index (χ2n) is 7.57. The van der Waals surface area contributed by atoms with E-state index < -0.39 is 0 Å². The Hall–Kier alpha value is -2.24. The third-order valence-electron chi connectivity index (χ3n) is 5.25. The molecule has 0 spiro atoms. The minimum atomic E-state index is -0.309. The van der Waals surface area contributed by atoms with E-state index in [0.29, 0.717) is 0 Å². The fraction of sp³-hybridized carbons (Fsp3) is 0.579. The van der Waals surface area contributed by atoms with Crippen molar-refractivity contribution in [3.8, 4) is 0 Å². The summed E-state index contributed by atoms with van der Waals surface area (Å²) >= 11 is 0. The lowest BCUT2D eigenvalue weighted by molar-refractivity contribution is -0.0116. The van der Waals surface area contributed by atoms with Crippen molar-refractivity contribution < 1.29 is 9.59 Å². The maximum Gasteiger partial charge on any atom is 0.319 e. The van der Waals surface area contributed by atoms with Crippen molar-refractivity contribution in [1.82, 2.24) is 20.4 Å². The maximum absolute atomic E-state index is 12.9. The standard InChI is InChI=1S/C19H28N4O2/c1-11(2)22-16(14-9-7-6-8-10-14)15-13(5)20-18(24)23(12(3)4)17(15)21-19(22)25/h6-13,15-17H,1-5H3,(H,20,24)(H,21,25)/t13-,15-,16+,17+/m1/s1. The van der Waals surface area contributed by atoms with Crippen LogP contribution in [0.3, 0.4) is 0 Å². The van der Waals surface area contributed by atoms with Crippen LogP contribution in [-0.2, 0) is 0 Å². The average Bonchev–Trinajstić information content (AvgIpc) is 2.53. The van der Waals surface area contributed by atoms with Gasteiger partial charge in [0.1, 0.15) is 6.17 Å². The van der Waals surface area contributed by atoms with E-state index in [-0.39, 0.29) is 48.3 Å². The van der Waals surface area contributed by atoms with Crippen molar-refractivity contribution in [3.05, 3.63) is 35.9 Å². The summed E-state index contributed by atoms with van der Waals surface area (Å²) < 4.78 is 0. The molecular formula is C19H28N4O2. The molecule has 6 nitrogen and oxygen atoms in total. The molecule has 2 fully saturated rings. The summed E-state index contributed by atoms with van der Waals surface area (Å²) in [5, 5.41) is 6.19. The minimum Gasteiger partial charge on any atom is -0.335 e. The lowest BCUT2D eigenvalue weighted by atomic mass is 9.80. The molecule has 0 aromatic heterocycles. The molecule has 2 aliphatic heterocycles. The summed E-state index contributed by atoms with van der Waals surface area (Å²) in [7, 11) is 0. The number of hydrogen-bond donors (Lipinski definition) is 2. The first-order valence-corrected chi connectivity index (χ1v) is 9.05. The van der Waals surface area contributed by atoms with Crippen molar-refractivity contribution in [2.75, 3.05) is 0 Å². The van der Waals surface area contributed by atoms with E-state index in [1.807, 2.05) is 57.7 Å². The number of hydrogen-bond acceptors (Lipinski definition) is 2. The molecule has 4 atom stereocenters. The molecule has 0 radical (unpaired) electrons. The van der Waals surface area contributed by atoms with Gasteiger partial charge in [0, 0.05) is 24.0 Å². The molecule has 0 saturated carbocycles. The molecule has 2 N–H and O–H groups in total. The second-order valence-corrected chi connectivity index (χ2v) is 7.57. The molecule has 3 rings (SSSR count). The van der Waals surface area contributed by atoms with E-state index in [1.165, 1.54) is 0 Å². The fourth-order valence-corrected chi connectivity index (χ4v) is 4.22. The van der Waals surface area contributed by atoms with E-state index in [9.17, 15) is 9.59 Å². The zero-order valence-corrected chi connectivity index (χ0v) is 15.6. The summed E-state index contributed by atoms with van der Waals surface area (Å²) in [6.45, 7) is 10.0. The van der Waals surface area contributed by atoms with Crippen LogP contribution in [0.4, 0.5) is 9.59 Å². The summed E-state index contributed by atoms with van der Waals surface area (Å²) in [6, 6.07) is 9.82. The Morgan fingerprint density at radius 1 is 0.880 bits per heavy atom. The second kappa shape index (κ2) is 6.58. The van der Waals surface area contributed by atoms with Crippen molar-refractivity contribution in [2.45, 2.75) is 65.0 Å². The molecule has 1 aromatic carbocycles. The lowest BCUT2D eigenvalue weighted by Gasteiger charge is -2.55. The van der Waals surface area contributed by atoms with Gasteiger partial charge in [-0.05, 0) is 40.2 Å². The van der Waals surface area contributed by atoms with Gasteiger partial charge in [-0.3, -0.25) is 0 Å². The van der Waals surface area contributed by atoms with Gasteiger partial charge in [0.2, 0.25) is 0 Å². The predicted molar refractivity (Wildman–Crippen MR) is 96.9 cm³/mol. The zero-order chi connectivity index (χ0) is 18.3. The Bertz CT molecular complexity index is 646. The van der Waals surface area contributed by atoms with Crippen molar-refractivity contribution >= 4 is 12.1 Å². The highest BCUT2D eigenvalue weighted by Gasteiger charge is 2.52. The van der Waals surface area contributed by atoms with E-state index in [4.69, 9.17) is 0 Å². The number of benzene rings is 1. The molecule has 1 aromatic rings. The maximum atomic E-state index is 12.9. The Morgan fingerprint density at radius 2 is 1.44 bits per heavy atom. The largest absolute Gasteiger partial charge is 0.335 e. The number of carbonyl (C=O) groups is 2. The monoisotopic (exact) mass is 344 g/mol.